The van der Waals surface area contributed by atoms with Crippen molar-refractivity contribution in [2.45, 2.75) is 40.0 Å². The summed E-state index contributed by atoms with van der Waals surface area (Å²) in [7, 11) is 0. The molecule has 0 unspecified atom stereocenters. The van der Waals surface area contributed by atoms with Gasteiger partial charge in [-0.15, -0.1) is 0 Å². The summed E-state index contributed by atoms with van der Waals surface area (Å²) < 4.78 is 0. The van der Waals surface area contributed by atoms with Gasteiger partial charge >= 0.3 is 0 Å². The summed E-state index contributed by atoms with van der Waals surface area (Å²) >= 11 is 0. The molecule has 0 atom stereocenters. The van der Waals surface area contributed by atoms with Crippen LogP contribution in [0.4, 0.5) is 0 Å². The van der Waals surface area contributed by atoms with Crippen molar-refractivity contribution in [3.8, 4) is 0 Å². The van der Waals surface area contributed by atoms with Crippen molar-refractivity contribution >= 4 is 0 Å². The lowest BCUT2D eigenvalue weighted by atomic mass is 10.0. The van der Waals surface area contributed by atoms with Gasteiger partial charge in [-0.25, -0.2) is 0 Å². The average Bonchev–Trinajstić information content (AvgIpc) is 2.17. The fourth-order valence-corrected chi connectivity index (χ4v) is 1.36. The van der Waals surface area contributed by atoms with Gasteiger partial charge in [0.05, 0.1) is 0 Å². The first-order valence-electron chi connectivity index (χ1n) is 5.76. The maximum Gasteiger partial charge on any atom is 0.00768 e. The van der Waals surface area contributed by atoms with E-state index in [9.17, 15) is 0 Å². The Bertz CT molecular complexity index is 90.1. The molecule has 0 rings (SSSR count). The molecule has 2 heteroatoms. The SMILES string of the molecule is CCCNCCNCC(CC)CC. The molecule has 0 fully saturated rings. The van der Waals surface area contributed by atoms with Crippen molar-refractivity contribution in [1.82, 2.24) is 10.6 Å². The molecule has 0 heterocycles. The van der Waals surface area contributed by atoms with Crippen LogP contribution in [0, 0.1) is 5.92 Å². The summed E-state index contributed by atoms with van der Waals surface area (Å²) in [6.45, 7) is 11.3. The molecule has 0 aromatic heterocycles. The van der Waals surface area contributed by atoms with Crippen LogP contribution in [-0.2, 0) is 0 Å². The van der Waals surface area contributed by atoms with Gasteiger partial charge in [-0.3, -0.25) is 0 Å². The van der Waals surface area contributed by atoms with Crippen LogP contribution in [0.2, 0.25) is 0 Å². The van der Waals surface area contributed by atoms with Crippen LogP contribution < -0.4 is 10.6 Å². The molecule has 80 valence electrons. The lowest BCUT2D eigenvalue weighted by molar-refractivity contribution is 0.447. The van der Waals surface area contributed by atoms with Crippen LogP contribution in [0.5, 0.6) is 0 Å². The second kappa shape index (κ2) is 10.0. The Kier molecular flexibility index (Phi) is 9.94. The number of rotatable bonds is 9. The standard InChI is InChI=1S/C11H26N2/c1-4-7-12-8-9-13-10-11(5-2)6-3/h11-13H,4-10H2,1-3H3. The molecule has 0 aliphatic rings. The first-order chi connectivity index (χ1) is 6.35. The topological polar surface area (TPSA) is 24.1 Å². The summed E-state index contributed by atoms with van der Waals surface area (Å²) in [5.41, 5.74) is 0. The van der Waals surface area contributed by atoms with E-state index in [1.807, 2.05) is 0 Å². The molecule has 0 amide bonds. The Hall–Kier alpha value is -0.0800. The van der Waals surface area contributed by atoms with Gasteiger partial charge in [0.25, 0.3) is 0 Å². The quantitative estimate of drug-likeness (QED) is 0.538. The Labute approximate surface area is 83.5 Å². The zero-order valence-electron chi connectivity index (χ0n) is 9.53. The van der Waals surface area contributed by atoms with E-state index < -0.39 is 0 Å². The summed E-state index contributed by atoms with van der Waals surface area (Å²) in [6.07, 6.45) is 3.82. The van der Waals surface area contributed by atoms with E-state index in [1.54, 1.807) is 0 Å². The Morgan fingerprint density at radius 3 is 2.00 bits per heavy atom. The van der Waals surface area contributed by atoms with E-state index in [0.717, 1.165) is 25.6 Å². The zero-order chi connectivity index (χ0) is 9.94. The fraction of sp³-hybridized carbons (Fsp3) is 1.00. The molecule has 0 aromatic rings. The van der Waals surface area contributed by atoms with Gasteiger partial charge in [-0.1, -0.05) is 33.6 Å². The minimum atomic E-state index is 0.867. The molecule has 0 radical (unpaired) electrons. The number of hydrogen-bond donors (Lipinski definition) is 2. The minimum Gasteiger partial charge on any atom is -0.315 e. The molecule has 0 saturated heterocycles. The van der Waals surface area contributed by atoms with Crippen LogP contribution >= 0.6 is 0 Å². The van der Waals surface area contributed by atoms with Crippen molar-refractivity contribution in [2.75, 3.05) is 26.2 Å². The highest BCUT2D eigenvalue weighted by atomic mass is 14.9. The lowest BCUT2D eigenvalue weighted by Gasteiger charge is -2.13. The summed E-state index contributed by atoms with van der Waals surface area (Å²) in [6, 6.07) is 0. The molecule has 0 bridgehead atoms. The van der Waals surface area contributed by atoms with E-state index in [4.69, 9.17) is 0 Å². The fourth-order valence-electron chi connectivity index (χ4n) is 1.36. The third kappa shape index (κ3) is 8.26. The van der Waals surface area contributed by atoms with Gasteiger partial charge in [-0.05, 0) is 25.4 Å². The molecule has 0 aliphatic carbocycles. The highest BCUT2D eigenvalue weighted by Crippen LogP contribution is 2.04. The van der Waals surface area contributed by atoms with Crippen LogP contribution in [0.25, 0.3) is 0 Å². The summed E-state index contributed by atoms with van der Waals surface area (Å²) in [5, 5.41) is 6.87. The molecule has 13 heavy (non-hydrogen) atoms. The predicted molar refractivity (Wildman–Crippen MR) is 60.1 cm³/mol. The third-order valence-corrected chi connectivity index (χ3v) is 2.49. The van der Waals surface area contributed by atoms with Crippen molar-refractivity contribution in [3.05, 3.63) is 0 Å². The minimum absolute atomic E-state index is 0.867. The second-order valence-corrected chi connectivity index (χ2v) is 3.64. The molecular weight excluding hydrogens is 160 g/mol. The lowest BCUT2D eigenvalue weighted by Crippen LogP contribution is -2.30. The predicted octanol–water partition coefficient (Wildman–Crippen LogP) is 2.01. The average molecular weight is 186 g/mol. The van der Waals surface area contributed by atoms with Gasteiger partial charge in [0.15, 0.2) is 0 Å². The molecule has 0 saturated carbocycles. The summed E-state index contributed by atoms with van der Waals surface area (Å²) in [5.74, 6) is 0.867. The Balaban J connectivity index is 3.05. The highest BCUT2D eigenvalue weighted by Gasteiger charge is 2.00. The van der Waals surface area contributed by atoms with Gasteiger partial charge in [0, 0.05) is 13.1 Å². The first kappa shape index (κ1) is 12.9. The number of nitrogens with one attached hydrogen (secondary N) is 2. The third-order valence-electron chi connectivity index (χ3n) is 2.49. The number of hydrogen-bond acceptors (Lipinski definition) is 2. The van der Waals surface area contributed by atoms with Crippen LogP contribution in [-0.4, -0.2) is 26.2 Å². The Morgan fingerprint density at radius 1 is 0.846 bits per heavy atom. The Morgan fingerprint density at radius 2 is 1.46 bits per heavy atom. The van der Waals surface area contributed by atoms with Crippen molar-refractivity contribution in [2.24, 2.45) is 5.92 Å². The largest absolute Gasteiger partial charge is 0.315 e. The van der Waals surface area contributed by atoms with Crippen molar-refractivity contribution < 1.29 is 0 Å². The van der Waals surface area contributed by atoms with Crippen molar-refractivity contribution in [1.29, 1.82) is 0 Å². The summed E-state index contributed by atoms with van der Waals surface area (Å²) in [4.78, 5) is 0. The molecule has 0 aromatic carbocycles. The zero-order valence-corrected chi connectivity index (χ0v) is 9.53. The molecule has 0 spiro atoms. The van der Waals surface area contributed by atoms with Crippen LogP contribution in [0.3, 0.4) is 0 Å². The highest BCUT2D eigenvalue weighted by molar-refractivity contribution is 4.59. The van der Waals surface area contributed by atoms with E-state index >= 15 is 0 Å². The van der Waals surface area contributed by atoms with E-state index in [2.05, 4.69) is 31.4 Å². The van der Waals surface area contributed by atoms with E-state index in [1.165, 1.54) is 25.8 Å². The van der Waals surface area contributed by atoms with Crippen LogP contribution in [0.1, 0.15) is 40.0 Å². The van der Waals surface area contributed by atoms with E-state index in [-0.39, 0.29) is 0 Å². The molecule has 2 N–H and O–H groups in total. The van der Waals surface area contributed by atoms with E-state index in [0.29, 0.717) is 0 Å². The van der Waals surface area contributed by atoms with Gasteiger partial charge in [-0.2, -0.15) is 0 Å². The first-order valence-corrected chi connectivity index (χ1v) is 5.76. The van der Waals surface area contributed by atoms with Crippen molar-refractivity contribution in [3.63, 3.8) is 0 Å². The maximum absolute atomic E-state index is 3.48. The monoisotopic (exact) mass is 186 g/mol. The molecular formula is C11H26N2. The van der Waals surface area contributed by atoms with Gasteiger partial charge in [0.1, 0.15) is 0 Å². The normalized spacial score (nSPS) is 11.1. The molecule has 0 aliphatic heterocycles. The van der Waals surface area contributed by atoms with Gasteiger partial charge < -0.3 is 10.6 Å². The van der Waals surface area contributed by atoms with Crippen LogP contribution in [0.15, 0.2) is 0 Å². The maximum atomic E-state index is 3.48. The molecule has 2 nitrogen and oxygen atoms in total. The smallest absolute Gasteiger partial charge is 0.00768 e. The second-order valence-electron chi connectivity index (χ2n) is 3.64. The van der Waals surface area contributed by atoms with Gasteiger partial charge in [0.2, 0.25) is 0 Å².